The Morgan fingerprint density at radius 3 is 2.52 bits per heavy atom. The lowest BCUT2D eigenvalue weighted by molar-refractivity contribution is 0.103. The van der Waals surface area contributed by atoms with E-state index in [1.165, 1.54) is 11.3 Å². The minimum atomic E-state index is -0.184. The highest BCUT2D eigenvalue weighted by atomic mass is 32.1. The Morgan fingerprint density at radius 2 is 1.84 bits per heavy atom. The molecule has 0 saturated carbocycles. The Bertz CT molecular complexity index is 1000. The minimum absolute atomic E-state index is 0.184. The first-order valence-corrected chi connectivity index (χ1v) is 11.2. The maximum Gasteiger partial charge on any atom is 0.267 e. The lowest BCUT2D eigenvalue weighted by Crippen LogP contribution is -2.28. The molecule has 3 aromatic rings. The molecule has 0 aliphatic rings. The number of carbonyl (C=O) groups is 1. The maximum atomic E-state index is 12.9. The molecule has 31 heavy (non-hydrogen) atoms. The van der Waals surface area contributed by atoms with Gasteiger partial charge in [0.05, 0.1) is 12.8 Å². The summed E-state index contributed by atoms with van der Waals surface area (Å²) in [6, 6.07) is 15.3. The number of methoxy groups -OCH3 is 1. The van der Waals surface area contributed by atoms with Crippen LogP contribution in [-0.2, 0) is 0 Å². The van der Waals surface area contributed by atoms with Crippen molar-refractivity contribution in [3.05, 3.63) is 59.1 Å². The average molecular weight is 440 g/mol. The third kappa shape index (κ3) is 5.83. The van der Waals surface area contributed by atoms with E-state index in [9.17, 15) is 4.79 Å². The van der Waals surface area contributed by atoms with Crippen molar-refractivity contribution in [1.29, 1.82) is 0 Å². The van der Waals surface area contributed by atoms with Crippen LogP contribution in [0.25, 0.3) is 10.6 Å². The first kappa shape index (κ1) is 22.8. The second kappa shape index (κ2) is 10.9. The van der Waals surface area contributed by atoms with E-state index in [1.54, 1.807) is 19.2 Å². The fraction of sp³-hybridized carbons (Fsp3) is 0.333. The van der Waals surface area contributed by atoms with Gasteiger partial charge in [0.25, 0.3) is 5.91 Å². The molecule has 0 atom stereocenters. The number of anilines is 1. The van der Waals surface area contributed by atoms with E-state index in [1.807, 2.05) is 43.3 Å². The van der Waals surface area contributed by atoms with Crippen molar-refractivity contribution in [1.82, 2.24) is 9.88 Å². The van der Waals surface area contributed by atoms with Gasteiger partial charge in [-0.05, 0) is 32.1 Å². The van der Waals surface area contributed by atoms with Gasteiger partial charge in [0.15, 0.2) is 11.5 Å². The van der Waals surface area contributed by atoms with Crippen molar-refractivity contribution < 1.29 is 14.3 Å². The van der Waals surface area contributed by atoms with Crippen LogP contribution in [0.15, 0.2) is 48.5 Å². The average Bonchev–Trinajstić information content (AvgIpc) is 3.19. The van der Waals surface area contributed by atoms with E-state index in [4.69, 9.17) is 9.47 Å². The fourth-order valence-corrected chi connectivity index (χ4v) is 4.16. The molecule has 0 saturated heterocycles. The van der Waals surface area contributed by atoms with Crippen LogP contribution in [0.3, 0.4) is 0 Å². The molecular weight excluding hydrogens is 410 g/mol. The summed E-state index contributed by atoms with van der Waals surface area (Å²) < 4.78 is 11.4. The minimum Gasteiger partial charge on any atom is -0.493 e. The number of thiazole rings is 1. The quantitative estimate of drug-likeness (QED) is 0.476. The van der Waals surface area contributed by atoms with E-state index in [0.717, 1.165) is 30.2 Å². The summed E-state index contributed by atoms with van der Waals surface area (Å²) in [6.45, 7) is 9.45. The molecule has 1 N–H and O–H groups in total. The van der Waals surface area contributed by atoms with Crippen molar-refractivity contribution in [3.63, 3.8) is 0 Å². The van der Waals surface area contributed by atoms with E-state index >= 15 is 0 Å². The summed E-state index contributed by atoms with van der Waals surface area (Å²) >= 11 is 1.39. The molecule has 0 bridgehead atoms. The number of benzene rings is 2. The summed E-state index contributed by atoms with van der Waals surface area (Å²) in [5, 5.41) is 3.79. The second-order valence-corrected chi connectivity index (χ2v) is 7.99. The normalized spacial score (nSPS) is 10.9. The van der Waals surface area contributed by atoms with Crippen LogP contribution >= 0.6 is 11.3 Å². The van der Waals surface area contributed by atoms with Crippen LogP contribution in [0.5, 0.6) is 11.5 Å². The smallest absolute Gasteiger partial charge is 0.267 e. The van der Waals surface area contributed by atoms with Crippen molar-refractivity contribution in [2.45, 2.75) is 20.8 Å². The summed E-state index contributed by atoms with van der Waals surface area (Å²) in [7, 11) is 1.61. The van der Waals surface area contributed by atoms with Crippen LogP contribution < -0.4 is 14.8 Å². The molecule has 6 nitrogen and oxygen atoms in total. The lowest BCUT2D eigenvalue weighted by atomic mass is 10.2. The Hall–Kier alpha value is -2.90. The molecule has 0 radical (unpaired) electrons. The molecule has 0 unspecified atom stereocenters. The Balaban J connectivity index is 1.72. The molecular formula is C24H29N3O3S. The van der Waals surface area contributed by atoms with Crippen molar-refractivity contribution in [3.8, 4) is 22.1 Å². The van der Waals surface area contributed by atoms with Gasteiger partial charge in [-0.2, -0.15) is 0 Å². The zero-order chi connectivity index (χ0) is 22.2. The van der Waals surface area contributed by atoms with Gasteiger partial charge in [-0.15, -0.1) is 11.3 Å². The number of amides is 1. The van der Waals surface area contributed by atoms with E-state index < -0.39 is 0 Å². The Morgan fingerprint density at radius 1 is 1.10 bits per heavy atom. The number of ether oxygens (including phenoxy) is 2. The first-order valence-electron chi connectivity index (χ1n) is 10.4. The van der Waals surface area contributed by atoms with E-state index in [2.05, 4.69) is 29.0 Å². The molecule has 1 heterocycles. The number of aromatic nitrogens is 1. The standard InChI is InChI=1S/C24H29N3O3S/c1-5-27(6-2)14-15-30-21-16-19(12-13-20(21)29-4)26-23(28)22-17(3)25-24(31-22)18-10-8-7-9-11-18/h7-13,16H,5-6,14-15H2,1-4H3,(H,26,28). The molecule has 2 aromatic carbocycles. The number of likely N-dealkylation sites (N-methyl/N-ethyl adjacent to an activating group) is 1. The predicted molar refractivity (Wildman–Crippen MR) is 127 cm³/mol. The summed E-state index contributed by atoms with van der Waals surface area (Å²) in [5.41, 5.74) is 2.37. The van der Waals surface area contributed by atoms with Gasteiger partial charge in [-0.25, -0.2) is 4.98 Å². The number of carbonyl (C=O) groups excluding carboxylic acids is 1. The molecule has 7 heteroatoms. The summed E-state index contributed by atoms with van der Waals surface area (Å²) in [4.78, 5) is 20.4. The van der Waals surface area contributed by atoms with E-state index in [-0.39, 0.29) is 5.91 Å². The summed E-state index contributed by atoms with van der Waals surface area (Å²) in [5.74, 6) is 1.06. The van der Waals surface area contributed by atoms with Gasteiger partial charge in [0, 0.05) is 23.9 Å². The molecule has 0 aliphatic heterocycles. The van der Waals surface area contributed by atoms with Crippen molar-refractivity contribution in [2.75, 3.05) is 38.7 Å². The highest BCUT2D eigenvalue weighted by molar-refractivity contribution is 7.17. The zero-order valence-electron chi connectivity index (χ0n) is 18.5. The predicted octanol–water partition coefficient (Wildman–Crippen LogP) is 5.10. The van der Waals surface area contributed by atoms with Crippen LogP contribution in [0.4, 0.5) is 5.69 Å². The Labute approximate surface area is 187 Å². The van der Waals surface area contributed by atoms with Crippen LogP contribution in [0.2, 0.25) is 0 Å². The fourth-order valence-electron chi connectivity index (χ4n) is 3.19. The molecule has 1 aromatic heterocycles. The summed E-state index contributed by atoms with van der Waals surface area (Å²) in [6.07, 6.45) is 0. The monoisotopic (exact) mass is 439 g/mol. The van der Waals surface area contributed by atoms with Gasteiger partial charge < -0.3 is 19.7 Å². The number of hydrogen-bond acceptors (Lipinski definition) is 6. The maximum absolute atomic E-state index is 12.9. The third-order valence-electron chi connectivity index (χ3n) is 5.00. The molecule has 3 rings (SSSR count). The molecule has 0 spiro atoms. The molecule has 0 aliphatic carbocycles. The van der Waals surface area contributed by atoms with Crippen LogP contribution in [0, 0.1) is 6.92 Å². The second-order valence-electron chi connectivity index (χ2n) is 6.99. The van der Waals surface area contributed by atoms with Gasteiger partial charge in [0.2, 0.25) is 0 Å². The third-order valence-corrected chi connectivity index (χ3v) is 6.21. The lowest BCUT2D eigenvalue weighted by Gasteiger charge is -2.19. The number of hydrogen-bond donors (Lipinski definition) is 1. The zero-order valence-corrected chi connectivity index (χ0v) is 19.3. The van der Waals surface area contributed by atoms with Gasteiger partial charge in [0.1, 0.15) is 16.5 Å². The largest absolute Gasteiger partial charge is 0.493 e. The Kier molecular flexibility index (Phi) is 8.03. The number of aryl methyl sites for hydroxylation is 1. The van der Waals surface area contributed by atoms with Gasteiger partial charge in [-0.3, -0.25) is 4.79 Å². The van der Waals surface area contributed by atoms with Crippen molar-refractivity contribution >= 4 is 22.9 Å². The molecule has 1 amide bonds. The molecule has 164 valence electrons. The van der Waals surface area contributed by atoms with Gasteiger partial charge in [-0.1, -0.05) is 44.2 Å². The van der Waals surface area contributed by atoms with E-state index in [0.29, 0.717) is 34.4 Å². The highest BCUT2D eigenvalue weighted by Crippen LogP contribution is 2.32. The van der Waals surface area contributed by atoms with Crippen LogP contribution in [0.1, 0.15) is 29.2 Å². The topological polar surface area (TPSA) is 63.7 Å². The van der Waals surface area contributed by atoms with Gasteiger partial charge >= 0.3 is 0 Å². The first-order chi connectivity index (χ1) is 15.0. The van der Waals surface area contributed by atoms with Crippen molar-refractivity contribution in [2.24, 2.45) is 0 Å². The number of rotatable bonds is 10. The highest BCUT2D eigenvalue weighted by Gasteiger charge is 2.17. The number of nitrogens with zero attached hydrogens (tertiary/aromatic N) is 2. The van der Waals surface area contributed by atoms with Crippen LogP contribution in [-0.4, -0.2) is 49.1 Å². The molecule has 0 fully saturated rings. The SMILES string of the molecule is CCN(CC)CCOc1cc(NC(=O)c2sc(-c3ccccc3)nc2C)ccc1OC. The number of nitrogens with one attached hydrogen (secondary N) is 1.